The van der Waals surface area contributed by atoms with E-state index in [-0.39, 0.29) is 0 Å². The van der Waals surface area contributed by atoms with Crippen LogP contribution in [-0.2, 0) is 0 Å². The maximum Gasteiger partial charge on any atom is 0.0163 e. The summed E-state index contributed by atoms with van der Waals surface area (Å²) < 4.78 is 0. The largest absolute Gasteiger partial charge is 0.157 e. The van der Waals surface area contributed by atoms with Gasteiger partial charge in [0.05, 0.1) is 0 Å². The quantitative estimate of drug-likeness (QED) is 0.436. The molecule has 0 aliphatic heterocycles. The van der Waals surface area contributed by atoms with Crippen molar-refractivity contribution in [2.24, 2.45) is 0 Å². The molecule has 0 amide bonds. The second kappa shape index (κ2) is 7.72. The number of thioether (sulfide) groups is 1. The van der Waals surface area contributed by atoms with E-state index in [4.69, 9.17) is 0 Å². The summed E-state index contributed by atoms with van der Waals surface area (Å²) in [6, 6.07) is 0. The van der Waals surface area contributed by atoms with Crippen LogP contribution >= 0.6 is 11.8 Å². The van der Waals surface area contributed by atoms with E-state index in [1.807, 2.05) is 11.8 Å². The van der Waals surface area contributed by atoms with Crippen molar-refractivity contribution in [3.8, 4) is 0 Å². The molecule has 0 heterocycles. The molecular formula is C11H21S. The Kier molecular flexibility index (Phi) is 7.78. The highest BCUT2D eigenvalue weighted by Crippen LogP contribution is 2.15. The van der Waals surface area contributed by atoms with Gasteiger partial charge < -0.3 is 0 Å². The van der Waals surface area contributed by atoms with Crippen LogP contribution in [-0.4, -0.2) is 5.75 Å². The van der Waals surface area contributed by atoms with Crippen LogP contribution in [0.3, 0.4) is 0 Å². The van der Waals surface area contributed by atoms with Crippen molar-refractivity contribution in [2.45, 2.75) is 47.0 Å². The SMILES string of the molecule is CC[CH]SCCCC(C)=C(C)C. The van der Waals surface area contributed by atoms with Gasteiger partial charge in [-0.1, -0.05) is 18.1 Å². The molecule has 0 fully saturated rings. The maximum absolute atomic E-state index is 2.29. The normalized spacial score (nSPS) is 10.0. The molecule has 0 aromatic heterocycles. The molecule has 12 heavy (non-hydrogen) atoms. The zero-order chi connectivity index (χ0) is 9.40. The van der Waals surface area contributed by atoms with Crippen LogP contribution in [0.5, 0.6) is 0 Å². The molecule has 0 N–H and O–H groups in total. The molecule has 0 aliphatic rings. The summed E-state index contributed by atoms with van der Waals surface area (Å²) in [5, 5.41) is 0. The van der Waals surface area contributed by atoms with Crippen molar-refractivity contribution in [2.75, 3.05) is 5.75 Å². The molecule has 0 unspecified atom stereocenters. The fourth-order valence-corrected chi connectivity index (χ4v) is 1.59. The Morgan fingerprint density at radius 3 is 2.42 bits per heavy atom. The van der Waals surface area contributed by atoms with E-state index in [0.717, 1.165) is 0 Å². The summed E-state index contributed by atoms with van der Waals surface area (Å²) in [7, 11) is 0. The van der Waals surface area contributed by atoms with E-state index in [1.54, 1.807) is 5.57 Å². The second-order valence-electron chi connectivity index (χ2n) is 3.33. The highest BCUT2D eigenvalue weighted by atomic mass is 32.2. The van der Waals surface area contributed by atoms with Crippen LogP contribution in [0.2, 0.25) is 0 Å². The van der Waals surface area contributed by atoms with Crippen molar-refractivity contribution in [3.63, 3.8) is 0 Å². The molecule has 0 aromatic rings. The van der Waals surface area contributed by atoms with E-state index in [1.165, 1.54) is 30.6 Å². The minimum atomic E-state index is 1.19. The van der Waals surface area contributed by atoms with Crippen LogP contribution in [0.4, 0.5) is 0 Å². The number of allylic oxidation sites excluding steroid dienone is 2. The second-order valence-corrected chi connectivity index (χ2v) is 4.40. The van der Waals surface area contributed by atoms with Crippen molar-refractivity contribution in [1.82, 2.24) is 0 Å². The van der Waals surface area contributed by atoms with Crippen LogP contribution < -0.4 is 0 Å². The summed E-state index contributed by atoms with van der Waals surface area (Å²) in [4.78, 5) is 0. The van der Waals surface area contributed by atoms with Crippen molar-refractivity contribution in [1.29, 1.82) is 0 Å². The number of hydrogen-bond donors (Lipinski definition) is 0. The van der Waals surface area contributed by atoms with Crippen LogP contribution in [0, 0.1) is 5.75 Å². The molecule has 0 rings (SSSR count). The Morgan fingerprint density at radius 2 is 1.92 bits per heavy atom. The summed E-state index contributed by atoms with van der Waals surface area (Å²) in [5.74, 6) is 3.57. The number of hydrogen-bond acceptors (Lipinski definition) is 1. The van der Waals surface area contributed by atoms with Crippen molar-refractivity contribution >= 4 is 11.8 Å². The predicted octanol–water partition coefficient (Wildman–Crippen LogP) is 4.43. The Hall–Kier alpha value is 0.0900. The molecule has 0 nitrogen and oxygen atoms in total. The minimum absolute atomic E-state index is 1.19. The topological polar surface area (TPSA) is 0 Å². The van der Waals surface area contributed by atoms with Gasteiger partial charge in [-0.3, -0.25) is 0 Å². The van der Waals surface area contributed by atoms with Crippen LogP contribution in [0.15, 0.2) is 11.1 Å². The van der Waals surface area contributed by atoms with Gasteiger partial charge in [-0.25, -0.2) is 0 Å². The first-order valence-electron chi connectivity index (χ1n) is 4.74. The molecule has 1 heteroatoms. The van der Waals surface area contributed by atoms with Gasteiger partial charge in [-0.2, -0.15) is 11.8 Å². The summed E-state index contributed by atoms with van der Waals surface area (Å²) in [6.07, 6.45) is 3.78. The van der Waals surface area contributed by atoms with Gasteiger partial charge in [-0.15, -0.1) is 0 Å². The van der Waals surface area contributed by atoms with Crippen LogP contribution in [0.1, 0.15) is 47.0 Å². The minimum Gasteiger partial charge on any atom is -0.157 e. The highest BCUT2D eigenvalue weighted by molar-refractivity contribution is 8.01. The van der Waals surface area contributed by atoms with E-state index in [2.05, 4.69) is 33.4 Å². The van der Waals surface area contributed by atoms with Gasteiger partial charge in [-0.05, 0) is 45.8 Å². The molecule has 0 saturated heterocycles. The lowest BCUT2D eigenvalue weighted by Crippen LogP contribution is -1.84. The first-order valence-corrected chi connectivity index (χ1v) is 5.79. The summed E-state index contributed by atoms with van der Waals surface area (Å²) in [6.45, 7) is 8.82. The third-order valence-electron chi connectivity index (χ3n) is 1.95. The molecule has 0 spiro atoms. The van der Waals surface area contributed by atoms with E-state index >= 15 is 0 Å². The van der Waals surface area contributed by atoms with Gasteiger partial charge in [0.15, 0.2) is 0 Å². The molecule has 0 aromatic carbocycles. The molecule has 1 radical (unpaired) electrons. The predicted molar refractivity (Wildman–Crippen MR) is 60.3 cm³/mol. The molecule has 0 atom stereocenters. The van der Waals surface area contributed by atoms with Gasteiger partial charge in [0.2, 0.25) is 0 Å². The Labute approximate surface area is 81.8 Å². The van der Waals surface area contributed by atoms with E-state index in [0.29, 0.717) is 0 Å². The fourth-order valence-electron chi connectivity index (χ4n) is 0.872. The zero-order valence-corrected chi connectivity index (χ0v) is 9.63. The Bertz CT molecular complexity index is 132. The first-order chi connectivity index (χ1) is 5.68. The molecular weight excluding hydrogens is 164 g/mol. The third-order valence-corrected chi connectivity index (χ3v) is 3.05. The Morgan fingerprint density at radius 1 is 1.25 bits per heavy atom. The lowest BCUT2D eigenvalue weighted by Gasteiger charge is -2.03. The van der Waals surface area contributed by atoms with Gasteiger partial charge in [0, 0.05) is 5.75 Å². The van der Waals surface area contributed by atoms with Gasteiger partial charge in [0.1, 0.15) is 0 Å². The van der Waals surface area contributed by atoms with Crippen LogP contribution in [0.25, 0.3) is 0 Å². The molecule has 0 saturated carbocycles. The lowest BCUT2D eigenvalue weighted by atomic mass is 10.1. The first kappa shape index (κ1) is 12.1. The maximum atomic E-state index is 2.29. The van der Waals surface area contributed by atoms with Crippen molar-refractivity contribution in [3.05, 3.63) is 16.9 Å². The average Bonchev–Trinajstić information content (AvgIpc) is 2.03. The van der Waals surface area contributed by atoms with E-state index in [9.17, 15) is 0 Å². The third kappa shape index (κ3) is 6.78. The fraction of sp³-hybridized carbons (Fsp3) is 0.727. The molecule has 0 aliphatic carbocycles. The highest BCUT2D eigenvalue weighted by Gasteiger charge is 1.93. The standard InChI is InChI=1S/C11H21S/c1-5-8-12-9-6-7-11(4)10(2)3/h8H,5-7,9H2,1-4H3. The summed E-state index contributed by atoms with van der Waals surface area (Å²) >= 11 is 1.96. The smallest absolute Gasteiger partial charge is 0.0163 e. The van der Waals surface area contributed by atoms with Gasteiger partial charge in [0.25, 0.3) is 0 Å². The Balaban J connectivity index is 3.26. The lowest BCUT2D eigenvalue weighted by molar-refractivity contribution is 0.900. The molecule has 0 bridgehead atoms. The van der Waals surface area contributed by atoms with E-state index < -0.39 is 0 Å². The molecule has 71 valence electrons. The average molecular weight is 185 g/mol. The van der Waals surface area contributed by atoms with Crippen molar-refractivity contribution < 1.29 is 0 Å². The van der Waals surface area contributed by atoms with Gasteiger partial charge >= 0.3 is 0 Å². The zero-order valence-electron chi connectivity index (χ0n) is 8.81. The summed E-state index contributed by atoms with van der Waals surface area (Å²) in [5.41, 5.74) is 3.05. The monoisotopic (exact) mass is 185 g/mol. The number of rotatable bonds is 6.